The molecule has 0 heterocycles. The summed E-state index contributed by atoms with van der Waals surface area (Å²) in [6.07, 6.45) is 1.76. The van der Waals surface area contributed by atoms with E-state index in [9.17, 15) is 4.21 Å². The van der Waals surface area contributed by atoms with Crippen LogP contribution >= 0.6 is 0 Å². The van der Waals surface area contributed by atoms with Crippen LogP contribution in [0.1, 0.15) is 19.4 Å². The van der Waals surface area contributed by atoms with E-state index in [4.69, 9.17) is 0 Å². The van der Waals surface area contributed by atoms with Gasteiger partial charge in [0.05, 0.1) is 4.90 Å². The zero-order chi connectivity index (χ0) is 10.6. The summed E-state index contributed by atoms with van der Waals surface area (Å²) in [7, 11) is -1.14. The van der Waals surface area contributed by atoms with Crippen molar-refractivity contribution < 1.29 is 4.21 Å². The summed E-state index contributed by atoms with van der Waals surface area (Å²) >= 11 is 0. The number of rotatable bonds is 3. The monoisotopic (exact) mass is 209 g/mol. The van der Waals surface area contributed by atoms with E-state index in [2.05, 4.69) is 4.72 Å². The summed E-state index contributed by atoms with van der Waals surface area (Å²) in [5, 5.41) is 0. The lowest BCUT2D eigenvalue weighted by Gasteiger charge is -2.02. The summed E-state index contributed by atoms with van der Waals surface area (Å²) in [6.45, 7) is 5.93. The highest BCUT2D eigenvalue weighted by atomic mass is 32.2. The van der Waals surface area contributed by atoms with E-state index in [1.165, 1.54) is 5.56 Å². The second-order valence-electron chi connectivity index (χ2n) is 3.42. The van der Waals surface area contributed by atoms with Gasteiger partial charge >= 0.3 is 0 Å². The van der Waals surface area contributed by atoms with Crippen molar-refractivity contribution in [3.05, 3.63) is 41.6 Å². The molecule has 0 aliphatic heterocycles. The molecule has 14 heavy (non-hydrogen) atoms. The molecule has 0 aliphatic rings. The fraction of sp³-hybridized carbons (Fsp3) is 0.273. The topological polar surface area (TPSA) is 29.1 Å². The SMILES string of the molecule is CC(C)=CNS(=O)c1ccc(C)cc1. The van der Waals surface area contributed by atoms with Crippen LogP contribution in [-0.2, 0) is 11.0 Å². The first-order valence-corrected chi connectivity index (χ1v) is 5.62. The van der Waals surface area contributed by atoms with Gasteiger partial charge in [-0.1, -0.05) is 23.3 Å². The van der Waals surface area contributed by atoms with Gasteiger partial charge in [-0.3, -0.25) is 0 Å². The van der Waals surface area contributed by atoms with Crippen LogP contribution in [0.15, 0.2) is 40.9 Å². The fourth-order valence-corrected chi connectivity index (χ4v) is 1.76. The fourth-order valence-electron chi connectivity index (χ4n) is 0.901. The lowest BCUT2D eigenvalue weighted by atomic mass is 10.2. The van der Waals surface area contributed by atoms with Crippen molar-refractivity contribution in [3.8, 4) is 0 Å². The Bertz CT molecular complexity index is 350. The number of aryl methyl sites for hydroxylation is 1. The van der Waals surface area contributed by atoms with Gasteiger partial charge in [-0.05, 0) is 32.9 Å². The second-order valence-corrected chi connectivity index (χ2v) is 4.67. The molecule has 1 N–H and O–H groups in total. The van der Waals surface area contributed by atoms with Crippen molar-refractivity contribution in [2.75, 3.05) is 0 Å². The molecular weight excluding hydrogens is 194 g/mol. The van der Waals surface area contributed by atoms with Crippen molar-refractivity contribution in [1.82, 2.24) is 4.72 Å². The van der Waals surface area contributed by atoms with Gasteiger partial charge in [0.1, 0.15) is 11.0 Å². The molecule has 1 aromatic carbocycles. The molecule has 1 aromatic rings. The van der Waals surface area contributed by atoms with Crippen LogP contribution < -0.4 is 4.72 Å². The van der Waals surface area contributed by atoms with Crippen molar-refractivity contribution in [1.29, 1.82) is 0 Å². The van der Waals surface area contributed by atoms with Crippen LogP contribution in [0.5, 0.6) is 0 Å². The minimum Gasteiger partial charge on any atom is -0.308 e. The highest BCUT2D eigenvalue weighted by molar-refractivity contribution is 7.83. The molecule has 0 radical (unpaired) electrons. The van der Waals surface area contributed by atoms with Gasteiger partial charge in [0.2, 0.25) is 0 Å². The van der Waals surface area contributed by atoms with Crippen LogP contribution in [-0.4, -0.2) is 4.21 Å². The first kappa shape index (κ1) is 11.0. The quantitative estimate of drug-likeness (QED) is 0.814. The normalized spacial score (nSPS) is 11.9. The zero-order valence-corrected chi connectivity index (χ0v) is 9.52. The maximum atomic E-state index is 11.6. The predicted molar refractivity (Wildman–Crippen MR) is 60.2 cm³/mol. The Morgan fingerprint density at radius 2 is 1.86 bits per heavy atom. The van der Waals surface area contributed by atoms with E-state index in [1.807, 2.05) is 45.0 Å². The van der Waals surface area contributed by atoms with E-state index in [1.54, 1.807) is 6.20 Å². The van der Waals surface area contributed by atoms with E-state index in [0.29, 0.717) is 0 Å². The van der Waals surface area contributed by atoms with Crippen molar-refractivity contribution >= 4 is 11.0 Å². The van der Waals surface area contributed by atoms with Crippen LogP contribution in [0.25, 0.3) is 0 Å². The first-order chi connectivity index (χ1) is 6.59. The summed E-state index contributed by atoms with van der Waals surface area (Å²) < 4.78 is 14.4. The third kappa shape index (κ3) is 3.34. The molecule has 0 spiro atoms. The standard InChI is InChI=1S/C11H15NOS/c1-9(2)8-12-14(13)11-6-4-10(3)5-7-11/h4-8,12H,1-3H3. The summed E-state index contributed by atoms with van der Waals surface area (Å²) in [5.74, 6) is 0. The average molecular weight is 209 g/mol. The molecule has 1 rings (SSSR count). The number of nitrogens with one attached hydrogen (secondary N) is 1. The number of hydrogen-bond donors (Lipinski definition) is 1. The Labute approximate surface area is 87.6 Å². The van der Waals surface area contributed by atoms with Crippen molar-refractivity contribution in [3.63, 3.8) is 0 Å². The zero-order valence-electron chi connectivity index (χ0n) is 8.70. The Balaban J connectivity index is 2.70. The molecule has 0 aromatic heterocycles. The van der Waals surface area contributed by atoms with Crippen LogP contribution in [0.3, 0.4) is 0 Å². The van der Waals surface area contributed by atoms with Gasteiger partial charge < -0.3 is 4.72 Å². The first-order valence-electron chi connectivity index (χ1n) is 4.47. The third-order valence-electron chi connectivity index (χ3n) is 1.69. The van der Waals surface area contributed by atoms with Gasteiger partial charge in [0.25, 0.3) is 0 Å². The van der Waals surface area contributed by atoms with Crippen LogP contribution in [0, 0.1) is 6.92 Å². The average Bonchev–Trinajstić information content (AvgIpc) is 2.15. The highest BCUT2D eigenvalue weighted by Gasteiger charge is 1.99. The molecule has 2 nitrogen and oxygen atoms in total. The predicted octanol–water partition coefficient (Wildman–Crippen LogP) is 2.53. The minimum absolute atomic E-state index is 0.799. The third-order valence-corrected chi connectivity index (χ3v) is 2.72. The van der Waals surface area contributed by atoms with Gasteiger partial charge in [-0.25, -0.2) is 4.21 Å². The molecule has 1 unspecified atom stereocenters. The van der Waals surface area contributed by atoms with Crippen LogP contribution in [0.2, 0.25) is 0 Å². The van der Waals surface area contributed by atoms with Gasteiger partial charge in [0, 0.05) is 6.20 Å². The minimum atomic E-state index is -1.14. The molecular formula is C11H15NOS. The molecule has 0 saturated heterocycles. The molecule has 0 bridgehead atoms. The number of benzene rings is 1. The van der Waals surface area contributed by atoms with E-state index >= 15 is 0 Å². The number of allylic oxidation sites excluding steroid dienone is 1. The summed E-state index contributed by atoms with van der Waals surface area (Å²) in [4.78, 5) is 0.799. The Kier molecular flexibility index (Phi) is 3.89. The second kappa shape index (κ2) is 4.96. The summed E-state index contributed by atoms with van der Waals surface area (Å²) in [6, 6.07) is 7.66. The van der Waals surface area contributed by atoms with Crippen molar-refractivity contribution in [2.45, 2.75) is 25.7 Å². The molecule has 0 saturated carbocycles. The maximum absolute atomic E-state index is 11.6. The maximum Gasteiger partial charge on any atom is 0.149 e. The molecule has 0 aliphatic carbocycles. The lowest BCUT2D eigenvalue weighted by molar-refractivity contribution is 0.679. The van der Waals surface area contributed by atoms with Crippen LogP contribution in [0.4, 0.5) is 0 Å². The molecule has 3 heteroatoms. The Morgan fingerprint density at radius 1 is 1.29 bits per heavy atom. The number of hydrogen-bond acceptors (Lipinski definition) is 1. The van der Waals surface area contributed by atoms with E-state index in [0.717, 1.165) is 10.5 Å². The van der Waals surface area contributed by atoms with E-state index in [-0.39, 0.29) is 0 Å². The molecule has 76 valence electrons. The van der Waals surface area contributed by atoms with Crippen molar-refractivity contribution in [2.24, 2.45) is 0 Å². The van der Waals surface area contributed by atoms with E-state index < -0.39 is 11.0 Å². The Hall–Kier alpha value is -1.09. The summed E-state index contributed by atoms with van der Waals surface area (Å²) in [5.41, 5.74) is 2.28. The lowest BCUT2D eigenvalue weighted by Crippen LogP contribution is -2.10. The van der Waals surface area contributed by atoms with Gasteiger partial charge in [-0.2, -0.15) is 0 Å². The Morgan fingerprint density at radius 3 is 2.36 bits per heavy atom. The molecule has 0 amide bonds. The highest BCUT2D eigenvalue weighted by Crippen LogP contribution is 2.06. The van der Waals surface area contributed by atoms with Gasteiger partial charge in [0.15, 0.2) is 0 Å². The van der Waals surface area contributed by atoms with Gasteiger partial charge in [-0.15, -0.1) is 0 Å². The molecule has 0 fully saturated rings. The molecule has 1 atom stereocenters. The smallest absolute Gasteiger partial charge is 0.149 e. The largest absolute Gasteiger partial charge is 0.308 e.